The van der Waals surface area contributed by atoms with Gasteiger partial charge in [-0.25, -0.2) is 8.42 Å². The van der Waals surface area contributed by atoms with Crippen LogP contribution in [0.25, 0.3) is 0 Å². The second kappa shape index (κ2) is 6.13. The largest absolute Gasteiger partial charge is 0.479 e. The number of nitrogens with zero attached hydrogens (tertiary/aromatic N) is 1. The first-order valence-corrected chi connectivity index (χ1v) is 8.07. The maximum Gasteiger partial charge on any atom is 0.271 e. The van der Waals surface area contributed by atoms with Gasteiger partial charge in [-0.3, -0.25) is 4.72 Å². The van der Waals surface area contributed by atoms with Crippen molar-refractivity contribution in [3.63, 3.8) is 0 Å². The number of hydrogen-bond acceptors (Lipinski definition) is 5. The molecule has 0 radical (unpaired) electrons. The van der Waals surface area contributed by atoms with Crippen molar-refractivity contribution in [3.05, 3.63) is 40.7 Å². The average molecular weight is 329 g/mol. The topological polar surface area (TPSA) is 79.2 Å². The van der Waals surface area contributed by atoms with Crippen LogP contribution in [-0.4, -0.2) is 15.0 Å². The fourth-order valence-corrected chi connectivity index (χ4v) is 3.94. The molecule has 0 amide bonds. The summed E-state index contributed by atoms with van der Waals surface area (Å²) in [6.07, 6.45) is 0. The first-order chi connectivity index (χ1) is 9.51. The van der Waals surface area contributed by atoms with Crippen LogP contribution < -0.4 is 9.46 Å². The van der Waals surface area contributed by atoms with Gasteiger partial charge in [-0.2, -0.15) is 5.26 Å². The zero-order chi connectivity index (χ0) is 14.6. The van der Waals surface area contributed by atoms with E-state index in [1.807, 2.05) is 6.07 Å². The summed E-state index contributed by atoms with van der Waals surface area (Å²) in [5, 5.41) is 8.44. The van der Waals surface area contributed by atoms with E-state index in [-0.39, 0.29) is 10.8 Å². The highest BCUT2D eigenvalue weighted by atomic mass is 35.5. The lowest BCUT2D eigenvalue weighted by Gasteiger charge is -2.08. The molecule has 0 saturated carbocycles. The number of benzene rings is 1. The van der Waals surface area contributed by atoms with Gasteiger partial charge in [0.1, 0.15) is 16.0 Å². The molecule has 1 aromatic heterocycles. The van der Waals surface area contributed by atoms with E-state index < -0.39 is 10.0 Å². The number of hydrogen-bond donors (Lipinski definition) is 1. The summed E-state index contributed by atoms with van der Waals surface area (Å²) in [6, 6.07) is 11.2. The Morgan fingerprint density at radius 1 is 1.35 bits per heavy atom. The molecule has 0 aliphatic rings. The van der Waals surface area contributed by atoms with Gasteiger partial charge in [0.05, 0.1) is 10.0 Å². The van der Waals surface area contributed by atoms with Gasteiger partial charge in [0.25, 0.3) is 10.0 Å². The van der Waals surface area contributed by atoms with Gasteiger partial charge in [0.2, 0.25) is 0 Å². The molecule has 5 nitrogen and oxygen atoms in total. The second-order valence-electron chi connectivity index (χ2n) is 3.64. The van der Waals surface area contributed by atoms with Crippen molar-refractivity contribution in [2.24, 2.45) is 0 Å². The Labute approximate surface area is 125 Å². The van der Waals surface area contributed by atoms with Gasteiger partial charge in [-0.15, -0.1) is 11.3 Å². The lowest BCUT2D eigenvalue weighted by atomic mass is 10.3. The van der Waals surface area contributed by atoms with Gasteiger partial charge in [-0.1, -0.05) is 17.7 Å². The number of nitrogens with one attached hydrogen (secondary N) is 1. The molecular weight excluding hydrogens is 320 g/mol. The van der Waals surface area contributed by atoms with Crippen LogP contribution in [0.2, 0.25) is 4.34 Å². The molecule has 0 aliphatic heterocycles. The standard InChI is InChI=1S/C12H9ClN2O3S2/c13-11-4-5-12(19-11)20(16,17)15-9-2-1-3-10(8-9)18-7-6-14/h1-5,8,15H,7H2. The minimum atomic E-state index is -3.67. The molecule has 104 valence electrons. The minimum Gasteiger partial charge on any atom is -0.479 e. The van der Waals surface area contributed by atoms with E-state index in [0.29, 0.717) is 15.8 Å². The molecule has 1 N–H and O–H groups in total. The van der Waals surface area contributed by atoms with Crippen LogP contribution >= 0.6 is 22.9 Å². The van der Waals surface area contributed by atoms with Crippen LogP contribution in [-0.2, 0) is 10.0 Å². The maximum atomic E-state index is 12.1. The molecule has 2 rings (SSSR count). The number of thiophene rings is 1. The normalized spacial score (nSPS) is 10.8. The van der Waals surface area contributed by atoms with E-state index >= 15 is 0 Å². The van der Waals surface area contributed by atoms with Crippen molar-refractivity contribution in [1.29, 1.82) is 5.26 Å². The Kier molecular flexibility index (Phi) is 4.49. The molecule has 0 saturated heterocycles. The Morgan fingerprint density at radius 2 is 2.15 bits per heavy atom. The molecule has 20 heavy (non-hydrogen) atoms. The third-order valence-electron chi connectivity index (χ3n) is 2.20. The molecule has 0 aliphatic carbocycles. The number of nitriles is 1. The van der Waals surface area contributed by atoms with Crippen molar-refractivity contribution in [3.8, 4) is 11.8 Å². The predicted molar refractivity (Wildman–Crippen MR) is 77.7 cm³/mol. The first kappa shape index (κ1) is 14.7. The van der Waals surface area contributed by atoms with Crippen molar-refractivity contribution in [1.82, 2.24) is 0 Å². The first-order valence-electron chi connectivity index (χ1n) is 5.39. The Morgan fingerprint density at radius 3 is 2.80 bits per heavy atom. The van der Waals surface area contributed by atoms with E-state index in [2.05, 4.69) is 4.72 Å². The lowest BCUT2D eigenvalue weighted by molar-refractivity contribution is 0.368. The highest BCUT2D eigenvalue weighted by Crippen LogP contribution is 2.28. The van der Waals surface area contributed by atoms with Crippen molar-refractivity contribution >= 4 is 38.6 Å². The molecule has 0 atom stereocenters. The Bertz CT molecular complexity index is 750. The summed E-state index contributed by atoms with van der Waals surface area (Å²) < 4.78 is 32.2. The number of rotatable bonds is 5. The summed E-state index contributed by atoms with van der Waals surface area (Å²) >= 11 is 6.70. The van der Waals surface area contributed by atoms with Crippen molar-refractivity contribution in [2.45, 2.75) is 4.21 Å². The summed E-state index contributed by atoms with van der Waals surface area (Å²) in [7, 11) is -3.67. The van der Waals surface area contributed by atoms with Gasteiger partial charge in [-0.05, 0) is 24.3 Å². The quantitative estimate of drug-likeness (QED) is 0.914. The third-order valence-corrected chi connectivity index (χ3v) is 5.31. The lowest BCUT2D eigenvalue weighted by Crippen LogP contribution is -2.11. The molecule has 0 fully saturated rings. The molecule has 1 aromatic carbocycles. The zero-order valence-corrected chi connectivity index (χ0v) is 12.4. The molecule has 1 heterocycles. The smallest absolute Gasteiger partial charge is 0.271 e. The minimum absolute atomic E-state index is 0.100. The highest BCUT2D eigenvalue weighted by Gasteiger charge is 2.16. The second-order valence-corrected chi connectivity index (χ2v) is 7.26. The fourth-order valence-electron chi connectivity index (χ4n) is 1.41. The number of ether oxygens (including phenoxy) is 1. The van der Waals surface area contributed by atoms with E-state index in [4.69, 9.17) is 21.6 Å². The number of halogens is 1. The summed E-state index contributed by atoms with van der Waals surface area (Å²) in [6.45, 7) is -0.100. The van der Waals surface area contributed by atoms with Crippen LogP contribution in [0.5, 0.6) is 5.75 Å². The highest BCUT2D eigenvalue weighted by molar-refractivity contribution is 7.94. The molecule has 2 aromatic rings. The summed E-state index contributed by atoms with van der Waals surface area (Å²) in [4.78, 5) is 0. The zero-order valence-electron chi connectivity index (χ0n) is 10.0. The third kappa shape index (κ3) is 3.63. The SMILES string of the molecule is N#CCOc1cccc(NS(=O)(=O)c2ccc(Cl)s2)c1. The van der Waals surface area contributed by atoms with Gasteiger partial charge < -0.3 is 4.74 Å². The van der Waals surface area contributed by atoms with E-state index in [9.17, 15) is 8.42 Å². The van der Waals surface area contributed by atoms with E-state index in [1.165, 1.54) is 18.2 Å². The Hall–Kier alpha value is -1.75. The predicted octanol–water partition coefficient (Wildman–Crippen LogP) is 3.10. The van der Waals surface area contributed by atoms with Crippen LogP contribution in [0.3, 0.4) is 0 Å². The van der Waals surface area contributed by atoms with Crippen molar-refractivity contribution < 1.29 is 13.2 Å². The molecular formula is C12H9ClN2O3S2. The number of sulfonamides is 1. The summed E-state index contributed by atoms with van der Waals surface area (Å²) in [5.74, 6) is 0.413. The van der Waals surface area contributed by atoms with E-state index in [0.717, 1.165) is 11.3 Å². The van der Waals surface area contributed by atoms with Crippen LogP contribution in [0.15, 0.2) is 40.6 Å². The molecule has 0 bridgehead atoms. The van der Waals surface area contributed by atoms with Crippen LogP contribution in [0, 0.1) is 11.3 Å². The van der Waals surface area contributed by atoms with Crippen LogP contribution in [0.1, 0.15) is 0 Å². The molecule has 0 unspecified atom stereocenters. The Balaban J connectivity index is 2.19. The molecule has 8 heteroatoms. The average Bonchev–Trinajstić information content (AvgIpc) is 2.84. The molecule has 0 spiro atoms. The van der Waals surface area contributed by atoms with E-state index in [1.54, 1.807) is 18.2 Å². The van der Waals surface area contributed by atoms with Gasteiger partial charge in [0.15, 0.2) is 6.61 Å². The van der Waals surface area contributed by atoms with Crippen molar-refractivity contribution in [2.75, 3.05) is 11.3 Å². The maximum absolute atomic E-state index is 12.1. The van der Waals surface area contributed by atoms with Crippen LogP contribution in [0.4, 0.5) is 5.69 Å². The fraction of sp³-hybridized carbons (Fsp3) is 0.0833. The number of anilines is 1. The van der Waals surface area contributed by atoms with Gasteiger partial charge in [0, 0.05) is 6.07 Å². The van der Waals surface area contributed by atoms with Gasteiger partial charge >= 0.3 is 0 Å². The summed E-state index contributed by atoms with van der Waals surface area (Å²) in [5.41, 5.74) is 0.352. The monoisotopic (exact) mass is 328 g/mol.